The number of piperidine rings is 1. The highest BCUT2D eigenvalue weighted by atomic mass is 32.2. The van der Waals surface area contributed by atoms with E-state index in [0.717, 1.165) is 19.6 Å². The van der Waals surface area contributed by atoms with E-state index in [1.54, 1.807) is 16.7 Å². The quantitative estimate of drug-likeness (QED) is 0.847. The third-order valence-electron chi connectivity index (χ3n) is 4.70. The molecule has 2 aliphatic heterocycles. The van der Waals surface area contributed by atoms with Crippen molar-refractivity contribution in [2.45, 2.75) is 46.6 Å². The fourth-order valence-electron chi connectivity index (χ4n) is 3.26. The molecule has 2 atom stereocenters. The molecule has 2 saturated heterocycles. The number of hydrogen-bond acceptors (Lipinski definition) is 4. The minimum atomic E-state index is -0.436. The molecule has 23 heavy (non-hydrogen) atoms. The normalized spacial score (nSPS) is 26.3. The van der Waals surface area contributed by atoms with E-state index >= 15 is 0 Å². The molecule has 0 aromatic rings. The largest absolute Gasteiger partial charge is 0.354 e. The molecule has 0 aromatic carbocycles. The van der Waals surface area contributed by atoms with Crippen molar-refractivity contribution in [1.82, 2.24) is 15.1 Å². The summed E-state index contributed by atoms with van der Waals surface area (Å²) in [6, 6.07) is -0.308. The second-order valence-electron chi connectivity index (χ2n) is 7.69. The SMILES string of the molecule is CCN1CCC[C@@H](CNC(=O)[C@H]2CSCN2C(=O)C(C)(C)C)C1. The second kappa shape index (κ2) is 7.88. The van der Waals surface area contributed by atoms with E-state index in [1.165, 1.54) is 19.4 Å². The summed E-state index contributed by atoms with van der Waals surface area (Å²) in [7, 11) is 0. The van der Waals surface area contributed by atoms with Crippen LogP contribution in [0.25, 0.3) is 0 Å². The van der Waals surface area contributed by atoms with Crippen molar-refractivity contribution >= 4 is 23.6 Å². The topological polar surface area (TPSA) is 52.7 Å². The second-order valence-corrected chi connectivity index (χ2v) is 8.69. The molecule has 6 heteroatoms. The van der Waals surface area contributed by atoms with Gasteiger partial charge in [0.15, 0.2) is 0 Å². The van der Waals surface area contributed by atoms with Gasteiger partial charge in [0.1, 0.15) is 6.04 Å². The molecule has 2 rings (SSSR count). The lowest BCUT2D eigenvalue weighted by atomic mass is 9.94. The van der Waals surface area contributed by atoms with E-state index in [9.17, 15) is 9.59 Å². The summed E-state index contributed by atoms with van der Waals surface area (Å²) >= 11 is 1.66. The van der Waals surface area contributed by atoms with Crippen LogP contribution in [0.3, 0.4) is 0 Å². The van der Waals surface area contributed by atoms with Gasteiger partial charge < -0.3 is 15.1 Å². The Bertz CT molecular complexity index is 436. The maximum absolute atomic E-state index is 12.5. The lowest BCUT2D eigenvalue weighted by Crippen LogP contribution is -2.51. The maximum Gasteiger partial charge on any atom is 0.243 e. The molecule has 2 heterocycles. The highest BCUT2D eigenvalue weighted by Gasteiger charge is 2.39. The van der Waals surface area contributed by atoms with E-state index in [-0.39, 0.29) is 17.9 Å². The zero-order valence-corrected chi connectivity index (χ0v) is 15.7. The van der Waals surface area contributed by atoms with Crippen LogP contribution in [0, 0.1) is 11.3 Å². The Morgan fingerprint density at radius 1 is 1.30 bits per heavy atom. The average molecular weight is 342 g/mol. The van der Waals surface area contributed by atoms with Gasteiger partial charge in [-0.2, -0.15) is 0 Å². The number of thioether (sulfide) groups is 1. The molecule has 0 unspecified atom stereocenters. The van der Waals surface area contributed by atoms with Crippen molar-refractivity contribution in [1.29, 1.82) is 0 Å². The summed E-state index contributed by atoms with van der Waals surface area (Å²) in [5.41, 5.74) is -0.436. The molecule has 0 aromatic heterocycles. The number of carbonyl (C=O) groups is 2. The Balaban J connectivity index is 1.86. The molecule has 2 amide bonds. The first-order valence-corrected chi connectivity index (χ1v) is 9.87. The zero-order valence-electron chi connectivity index (χ0n) is 14.9. The summed E-state index contributed by atoms with van der Waals surface area (Å²) in [6.07, 6.45) is 2.39. The lowest BCUT2D eigenvalue weighted by Gasteiger charge is -2.33. The van der Waals surface area contributed by atoms with E-state index < -0.39 is 5.41 Å². The van der Waals surface area contributed by atoms with E-state index in [1.807, 2.05) is 20.8 Å². The van der Waals surface area contributed by atoms with Gasteiger partial charge in [0.2, 0.25) is 11.8 Å². The number of nitrogens with one attached hydrogen (secondary N) is 1. The van der Waals surface area contributed by atoms with Crippen molar-refractivity contribution in [3.8, 4) is 0 Å². The minimum Gasteiger partial charge on any atom is -0.354 e. The van der Waals surface area contributed by atoms with Crippen LogP contribution in [0.15, 0.2) is 0 Å². The Morgan fingerprint density at radius 2 is 2.04 bits per heavy atom. The predicted molar refractivity (Wildman–Crippen MR) is 95.3 cm³/mol. The molecule has 0 bridgehead atoms. The van der Waals surface area contributed by atoms with Crippen LogP contribution in [0.1, 0.15) is 40.5 Å². The molecule has 0 saturated carbocycles. The van der Waals surface area contributed by atoms with Crippen LogP contribution >= 0.6 is 11.8 Å². The molecule has 0 radical (unpaired) electrons. The van der Waals surface area contributed by atoms with Gasteiger partial charge >= 0.3 is 0 Å². The molecule has 132 valence electrons. The predicted octanol–water partition coefficient (Wildman–Crippen LogP) is 1.78. The smallest absolute Gasteiger partial charge is 0.243 e. The fourth-order valence-corrected chi connectivity index (χ4v) is 4.41. The van der Waals surface area contributed by atoms with Crippen LogP contribution in [0.4, 0.5) is 0 Å². The standard InChI is InChI=1S/C17H31N3O2S/c1-5-19-8-6-7-13(10-19)9-18-15(21)14-11-23-12-20(14)16(22)17(2,3)4/h13-14H,5-12H2,1-4H3,(H,18,21)/t13-,14+/m0/s1. The average Bonchev–Trinajstić information content (AvgIpc) is 3.00. The van der Waals surface area contributed by atoms with Crippen molar-refractivity contribution < 1.29 is 9.59 Å². The summed E-state index contributed by atoms with van der Waals surface area (Å²) in [4.78, 5) is 29.2. The Hall–Kier alpha value is -0.750. The van der Waals surface area contributed by atoms with Crippen molar-refractivity contribution in [3.63, 3.8) is 0 Å². The third kappa shape index (κ3) is 4.86. The van der Waals surface area contributed by atoms with Crippen LogP contribution in [0.2, 0.25) is 0 Å². The molecule has 5 nitrogen and oxygen atoms in total. The lowest BCUT2D eigenvalue weighted by molar-refractivity contribution is -0.144. The van der Waals surface area contributed by atoms with E-state index in [2.05, 4.69) is 17.1 Å². The number of amides is 2. The highest BCUT2D eigenvalue weighted by molar-refractivity contribution is 7.99. The number of carbonyl (C=O) groups excluding carboxylic acids is 2. The first-order chi connectivity index (χ1) is 10.8. The number of hydrogen-bond donors (Lipinski definition) is 1. The van der Waals surface area contributed by atoms with Gasteiger partial charge in [0.25, 0.3) is 0 Å². The highest BCUT2D eigenvalue weighted by Crippen LogP contribution is 2.27. The molecule has 1 N–H and O–H groups in total. The molecular formula is C17H31N3O2S. The van der Waals surface area contributed by atoms with E-state index in [4.69, 9.17) is 0 Å². The maximum atomic E-state index is 12.5. The van der Waals surface area contributed by atoms with Gasteiger partial charge in [-0.05, 0) is 31.8 Å². The van der Waals surface area contributed by atoms with Gasteiger partial charge in [-0.25, -0.2) is 0 Å². The van der Waals surface area contributed by atoms with Crippen LogP contribution in [-0.4, -0.2) is 65.5 Å². The molecule has 0 spiro atoms. The summed E-state index contributed by atoms with van der Waals surface area (Å²) in [6.45, 7) is 12.0. The first kappa shape index (κ1) is 18.6. The van der Waals surface area contributed by atoms with Crippen molar-refractivity contribution in [3.05, 3.63) is 0 Å². The summed E-state index contributed by atoms with van der Waals surface area (Å²) < 4.78 is 0. The van der Waals surface area contributed by atoms with Crippen molar-refractivity contribution in [2.24, 2.45) is 11.3 Å². The van der Waals surface area contributed by atoms with Crippen LogP contribution in [-0.2, 0) is 9.59 Å². The molecule has 2 aliphatic rings. The molecule has 2 fully saturated rings. The van der Waals surface area contributed by atoms with Gasteiger partial charge in [-0.1, -0.05) is 27.7 Å². The fraction of sp³-hybridized carbons (Fsp3) is 0.882. The monoisotopic (exact) mass is 341 g/mol. The van der Waals surface area contributed by atoms with Crippen LogP contribution < -0.4 is 5.32 Å². The van der Waals surface area contributed by atoms with E-state index in [0.29, 0.717) is 17.5 Å². The van der Waals surface area contributed by atoms with Crippen LogP contribution in [0.5, 0.6) is 0 Å². The minimum absolute atomic E-state index is 0.0150. The van der Waals surface area contributed by atoms with Gasteiger partial charge in [-0.15, -0.1) is 11.8 Å². The summed E-state index contributed by atoms with van der Waals surface area (Å²) in [5, 5.41) is 3.10. The Kier molecular flexibility index (Phi) is 6.37. The van der Waals surface area contributed by atoms with Gasteiger partial charge in [0, 0.05) is 24.3 Å². The zero-order chi connectivity index (χ0) is 17.0. The number of rotatable bonds is 4. The Labute approximate surface area is 144 Å². The Morgan fingerprint density at radius 3 is 2.70 bits per heavy atom. The first-order valence-electron chi connectivity index (χ1n) is 8.71. The molecular weight excluding hydrogens is 310 g/mol. The summed E-state index contributed by atoms with van der Waals surface area (Å²) in [5.74, 6) is 1.95. The van der Waals surface area contributed by atoms with Crippen molar-refractivity contribution in [2.75, 3.05) is 37.8 Å². The van der Waals surface area contributed by atoms with Gasteiger partial charge in [0.05, 0.1) is 5.88 Å². The van der Waals surface area contributed by atoms with Gasteiger partial charge in [-0.3, -0.25) is 9.59 Å². The number of nitrogens with zero attached hydrogens (tertiary/aromatic N) is 2. The third-order valence-corrected chi connectivity index (χ3v) is 5.71. The number of likely N-dealkylation sites (tertiary alicyclic amines) is 1. The molecule has 0 aliphatic carbocycles.